The van der Waals surface area contributed by atoms with Gasteiger partial charge in [-0.05, 0) is 16.7 Å². The summed E-state index contributed by atoms with van der Waals surface area (Å²) in [4.78, 5) is 35.6. The molecule has 1 rings (SSSR count). The first-order valence-corrected chi connectivity index (χ1v) is 9.57. The second kappa shape index (κ2) is 5.97. The summed E-state index contributed by atoms with van der Waals surface area (Å²) in [5.74, 6) is 0. The quantitative estimate of drug-likeness (QED) is 0.472. The van der Waals surface area contributed by atoms with E-state index in [2.05, 4.69) is 15.9 Å². The SMILES string of the molecule is O=P(O)(O)Cc1cc(CBr)cc(CP(=O)(O)O)c1. The molecule has 0 atom stereocenters. The highest BCUT2D eigenvalue weighted by atomic mass is 79.9. The van der Waals surface area contributed by atoms with Gasteiger partial charge in [0.25, 0.3) is 0 Å². The molecule has 4 N–H and O–H groups in total. The predicted molar refractivity (Wildman–Crippen MR) is 70.6 cm³/mol. The maximum atomic E-state index is 10.9. The third-order valence-electron chi connectivity index (χ3n) is 2.04. The van der Waals surface area contributed by atoms with E-state index in [4.69, 9.17) is 19.6 Å². The topological polar surface area (TPSA) is 115 Å². The predicted octanol–water partition coefficient (Wildman–Crippen LogP) is 1.94. The number of hydrogen-bond donors (Lipinski definition) is 4. The highest BCUT2D eigenvalue weighted by Gasteiger charge is 2.18. The van der Waals surface area contributed by atoms with E-state index in [9.17, 15) is 9.13 Å². The number of rotatable bonds is 5. The zero-order chi connectivity index (χ0) is 14.0. The molecule has 102 valence electrons. The van der Waals surface area contributed by atoms with E-state index in [-0.39, 0.29) is 0 Å². The van der Waals surface area contributed by atoms with Crippen LogP contribution < -0.4 is 0 Å². The molecule has 18 heavy (non-hydrogen) atoms. The van der Waals surface area contributed by atoms with Crippen molar-refractivity contribution in [1.82, 2.24) is 0 Å². The highest BCUT2D eigenvalue weighted by Crippen LogP contribution is 2.42. The van der Waals surface area contributed by atoms with Crippen LogP contribution >= 0.6 is 31.1 Å². The molecule has 0 bridgehead atoms. The Labute approximate surface area is 112 Å². The third-order valence-corrected chi connectivity index (χ3v) is 4.25. The lowest BCUT2D eigenvalue weighted by Gasteiger charge is -2.10. The molecule has 9 heteroatoms. The molecular weight excluding hydrogens is 346 g/mol. The number of hydrogen-bond acceptors (Lipinski definition) is 2. The Morgan fingerprint density at radius 2 is 1.17 bits per heavy atom. The lowest BCUT2D eigenvalue weighted by Crippen LogP contribution is -1.94. The summed E-state index contributed by atoms with van der Waals surface area (Å²) >= 11 is 3.20. The van der Waals surface area contributed by atoms with Gasteiger partial charge < -0.3 is 19.6 Å². The lowest BCUT2D eigenvalue weighted by atomic mass is 10.1. The fourth-order valence-corrected chi connectivity index (χ4v) is 3.22. The van der Waals surface area contributed by atoms with Crippen LogP contribution in [0.1, 0.15) is 16.7 Å². The zero-order valence-corrected chi connectivity index (χ0v) is 12.6. The van der Waals surface area contributed by atoms with Gasteiger partial charge in [-0.2, -0.15) is 0 Å². The van der Waals surface area contributed by atoms with Crippen molar-refractivity contribution < 1.29 is 28.7 Å². The Morgan fingerprint density at radius 3 is 1.44 bits per heavy atom. The lowest BCUT2D eigenvalue weighted by molar-refractivity contribution is 0.370. The van der Waals surface area contributed by atoms with Crippen molar-refractivity contribution in [3.8, 4) is 0 Å². The van der Waals surface area contributed by atoms with Crippen LogP contribution in [0, 0.1) is 0 Å². The van der Waals surface area contributed by atoms with Gasteiger partial charge in [0, 0.05) is 5.33 Å². The van der Waals surface area contributed by atoms with Crippen LogP contribution in [0.2, 0.25) is 0 Å². The van der Waals surface area contributed by atoms with Gasteiger partial charge in [0.05, 0.1) is 12.3 Å². The maximum Gasteiger partial charge on any atom is 0.329 e. The number of benzene rings is 1. The summed E-state index contributed by atoms with van der Waals surface area (Å²) < 4.78 is 21.9. The smallest absolute Gasteiger partial charge is 0.324 e. The standard InChI is InChI=1S/C9H13BrO6P2/c10-4-7-1-8(5-17(11,12)13)3-9(2-7)6-18(14,15)16/h1-3H,4-6H2,(H2,11,12,13)(H2,14,15,16). The van der Waals surface area contributed by atoms with Gasteiger partial charge in [-0.25, -0.2) is 0 Å². The Balaban J connectivity index is 3.09. The molecule has 0 fully saturated rings. The molecule has 0 spiro atoms. The van der Waals surface area contributed by atoms with Crippen LogP contribution in [0.15, 0.2) is 18.2 Å². The Hall–Kier alpha value is -0.000000000000000111. The number of alkyl halides is 1. The first-order valence-electron chi connectivity index (χ1n) is 4.86. The molecule has 6 nitrogen and oxygen atoms in total. The normalized spacial score (nSPS) is 12.7. The van der Waals surface area contributed by atoms with Crippen LogP contribution in [-0.2, 0) is 26.8 Å². The molecule has 0 amide bonds. The molecule has 0 unspecified atom stereocenters. The van der Waals surface area contributed by atoms with Gasteiger partial charge in [0.2, 0.25) is 0 Å². The van der Waals surface area contributed by atoms with Gasteiger partial charge in [0.15, 0.2) is 0 Å². The van der Waals surface area contributed by atoms with Crippen LogP contribution in [-0.4, -0.2) is 19.6 Å². The first kappa shape index (κ1) is 16.1. The van der Waals surface area contributed by atoms with E-state index in [1.54, 1.807) is 12.1 Å². The third kappa shape index (κ3) is 6.25. The molecule has 1 aromatic rings. The zero-order valence-electron chi connectivity index (χ0n) is 9.23. The minimum Gasteiger partial charge on any atom is -0.324 e. The van der Waals surface area contributed by atoms with Crippen molar-refractivity contribution in [3.63, 3.8) is 0 Å². The fourth-order valence-electron chi connectivity index (χ4n) is 1.57. The molecule has 0 radical (unpaired) electrons. The van der Waals surface area contributed by atoms with Gasteiger partial charge in [-0.1, -0.05) is 34.1 Å². The molecule has 0 aliphatic heterocycles. The molecule has 0 aromatic heterocycles. The van der Waals surface area contributed by atoms with E-state index in [0.29, 0.717) is 22.0 Å². The van der Waals surface area contributed by atoms with E-state index in [1.165, 1.54) is 6.07 Å². The molecule has 0 saturated carbocycles. The summed E-state index contributed by atoms with van der Waals surface area (Å²) in [6.45, 7) is 0. The second-order valence-electron chi connectivity index (χ2n) is 3.94. The minimum absolute atomic E-state index is 0.365. The van der Waals surface area contributed by atoms with Crippen LogP contribution in [0.4, 0.5) is 0 Å². The Morgan fingerprint density at radius 1 is 0.833 bits per heavy atom. The monoisotopic (exact) mass is 358 g/mol. The highest BCUT2D eigenvalue weighted by molar-refractivity contribution is 9.08. The largest absolute Gasteiger partial charge is 0.329 e. The van der Waals surface area contributed by atoms with Crippen molar-refractivity contribution in [1.29, 1.82) is 0 Å². The van der Waals surface area contributed by atoms with Crippen molar-refractivity contribution >= 4 is 31.1 Å². The summed E-state index contributed by atoms with van der Waals surface area (Å²) in [6, 6.07) is 4.60. The molecule has 1 aromatic carbocycles. The van der Waals surface area contributed by atoms with Crippen molar-refractivity contribution in [2.45, 2.75) is 17.7 Å². The van der Waals surface area contributed by atoms with Crippen LogP contribution in [0.25, 0.3) is 0 Å². The first-order chi connectivity index (χ1) is 8.09. The average Bonchev–Trinajstić information content (AvgIpc) is 2.11. The van der Waals surface area contributed by atoms with Gasteiger partial charge in [0.1, 0.15) is 0 Å². The van der Waals surface area contributed by atoms with E-state index >= 15 is 0 Å². The average molecular weight is 359 g/mol. The van der Waals surface area contributed by atoms with Crippen LogP contribution in [0.5, 0.6) is 0 Å². The fraction of sp³-hybridized carbons (Fsp3) is 0.333. The molecule has 0 aliphatic rings. The Kier molecular flexibility index (Phi) is 5.32. The second-order valence-corrected chi connectivity index (χ2v) is 7.79. The molecule has 0 aliphatic carbocycles. The molecule has 0 heterocycles. The molecular formula is C9H13BrO6P2. The maximum absolute atomic E-state index is 10.9. The summed E-state index contributed by atoms with van der Waals surface area (Å²) in [5.41, 5.74) is 1.44. The minimum atomic E-state index is -4.20. The van der Waals surface area contributed by atoms with E-state index < -0.39 is 27.5 Å². The molecule has 0 saturated heterocycles. The van der Waals surface area contributed by atoms with Crippen molar-refractivity contribution in [3.05, 3.63) is 34.9 Å². The van der Waals surface area contributed by atoms with E-state index in [1.807, 2.05) is 0 Å². The summed E-state index contributed by atoms with van der Waals surface area (Å²) in [6.07, 6.45) is -0.885. The van der Waals surface area contributed by atoms with Gasteiger partial charge in [-0.3, -0.25) is 9.13 Å². The van der Waals surface area contributed by atoms with Gasteiger partial charge >= 0.3 is 15.2 Å². The van der Waals surface area contributed by atoms with Crippen LogP contribution in [0.3, 0.4) is 0 Å². The summed E-state index contributed by atoms with van der Waals surface area (Å²) in [5, 5.41) is 0.441. The Bertz CT molecular complexity index is 478. The van der Waals surface area contributed by atoms with Gasteiger partial charge in [-0.15, -0.1) is 0 Å². The van der Waals surface area contributed by atoms with E-state index in [0.717, 1.165) is 0 Å². The summed E-state index contributed by atoms with van der Waals surface area (Å²) in [7, 11) is -8.40. The van der Waals surface area contributed by atoms with Crippen molar-refractivity contribution in [2.75, 3.05) is 0 Å². The van der Waals surface area contributed by atoms with Crippen molar-refractivity contribution in [2.24, 2.45) is 0 Å². The number of halogens is 1.